The predicted molar refractivity (Wildman–Crippen MR) is 197 cm³/mol. The minimum atomic E-state index is -2.44. The molecule has 0 radical (unpaired) electrons. The Kier molecular flexibility index (Phi) is 15.8. The van der Waals surface area contributed by atoms with Gasteiger partial charge in [0.05, 0.1) is 24.4 Å². The molecule has 2 saturated heterocycles. The lowest BCUT2D eigenvalue weighted by molar-refractivity contribution is -0.283. The molecule has 0 unspecified atom stereocenters. The number of rotatable bonds is 5. The summed E-state index contributed by atoms with van der Waals surface area (Å²) < 4.78 is 23.9. The van der Waals surface area contributed by atoms with E-state index in [1.54, 1.807) is 6.92 Å². The number of methoxy groups -OCH3 is 2. The molecule has 4 aliphatic rings. The summed E-state index contributed by atoms with van der Waals surface area (Å²) in [4.78, 5) is 57.0. The van der Waals surface area contributed by atoms with Gasteiger partial charge in [-0.15, -0.1) is 0 Å². The van der Waals surface area contributed by atoms with E-state index in [2.05, 4.69) is 6.92 Å². The first-order valence-corrected chi connectivity index (χ1v) is 19.9. The average Bonchev–Trinajstić information content (AvgIpc) is 3.14. The van der Waals surface area contributed by atoms with Gasteiger partial charge in [0.25, 0.3) is 11.7 Å². The third kappa shape index (κ3) is 10.9. The minimum absolute atomic E-state index is 0.0530. The van der Waals surface area contributed by atoms with Crippen molar-refractivity contribution in [3.05, 3.63) is 23.3 Å². The van der Waals surface area contributed by atoms with E-state index in [4.69, 9.17) is 18.9 Å². The minimum Gasteiger partial charge on any atom is -0.456 e. The number of allylic oxidation sites excluding steroid dienone is 3. The molecule has 300 valence electrons. The van der Waals surface area contributed by atoms with Crippen LogP contribution in [0.15, 0.2) is 23.3 Å². The van der Waals surface area contributed by atoms with Crippen molar-refractivity contribution in [1.82, 2.24) is 4.90 Å². The number of ether oxygens (including phenoxy) is 4. The van der Waals surface area contributed by atoms with Crippen LogP contribution in [0.2, 0.25) is 0 Å². The van der Waals surface area contributed by atoms with Gasteiger partial charge in [-0.3, -0.25) is 14.4 Å². The molecule has 53 heavy (non-hydrogen) atoms. The monoisotopic (exact) mass is 747 g/mol. The number of nitrogens with zero attached hydrogens (tertiary/aromatic N) is 1. The molecule has 3 fully saturated rings. The van der Waals surface area contributed by atoms with Crippen LogP contribution in [0.4, 0.5) is 0 Å². The number of hydrogen-bond acceptors (Lipinski definition) is 11. The summed E-state index contributed by atoms with van der Waals surface area (Å²) >= 11 is 0. The molecule has 1 saturated carbocycles. The van der Waals surface area contributed by atoms with Crippen LogP contribution in [0.1, 0.15) is 118 Å². The second-order valence-electron chi connectivity index (χ2n) is 16.3. The maximum Gasteiger partial charge on any atom is 0.329 e. The first kappa shape index (κ1) is 43.3. The van der Waals surface area contributed by atoms with E-state index < -0.39 is 71.8 Å². The Morgan fingerprint density at radius 2 is 1.66 bits per heavy atom. The molecular formula is C41H65NO11. The van der Waals surface area contributed by atoms with Crippen LogP contribution in [0.5, 0.6) is 0 Å². The summed E-state index contributed by atoms with van der Waals surface area (Å²) in [5, 5.41) is 33.3. The Bertz CT molecular complexity index is 1340. The quantitative estimate of drug-likeness (QED) is 0.204. The predicted octanol–water partition coefficient (Wildman–Crippen LogP) is 4.60. The van der Waals surface area contributed by atoms with Crippen LogP contribution in [-0.2, 0) is 38.1 Å². The highest BCUT2D eigenvalue weighted by Gasteiger charge is 2.53. The number of ketones is 2. The molecule has 3 aliphatic heterocycles. The molecule has 1 amide bonds. The number of aliphatic hydroxyl groups is 3. The fraction of sp³-hybridized carbons (Fsp3) is 0.805. The van der Waals surface area contributed by atoms with Gasteiger partial charge >= 0.3 is 5.97 Å². The summed E-state index contributed by atoms with van der Waals surface area (Å²) in [6.07, 6.45) is 5.60. The van der Waals surface area contributed by atoms with Gasteiger partial charge in [-0.05, 0) is 102 Å². The smallest absolute Gasteiger partial charge is 0.329 e. The van der Waals surface area contributed by atoms with Crippen molar-refractivity contribution in [2.24, 2.45) is 23.7 Å². The van der Waals surface area contributed by atoms with Gasteiger partial charge in [0.15, 0.2) is 0 Å². The number of Topliss-reactive ketones (excluding diaryl/α,β-unsaturated/α-hetero) is 2. The summed E-state index contributed by atoms with van der Waals surface area (Å²) in [5.41, 5.74) is 1.72. The van der Waals surface area contributed by atoms with Crippen molar-refractivity contribution < 1.29 is 53.4 Å². The Hall–Kier alpha value is -2.48. The van der Waals surface area contributed by atoms with Gasteiger partial charge in [0.1, 0.15) is 24.0 Å². The van der Waals surface area contributed by atoms with Gasteiger partial charge in [-0.1, -0.05) is 38.5 Å². The second-order valence-corrected chi connectivity index (χ2v) is 16.3. The molecule has 12 nitrogen and oxygen atoms in total. The Morgan fingerprint density at radius 3 is 2.30 bits per heavy atom. The number of esters is 1. The molecule has 3 N–H and O–H groups in total. The van der Waals surface area contributed by atoms with E-state index >= 15 is 0 Å². The first-order chi connectivity index (χ1) is 25.1. The standard InChI is InChI=1S/C41H65NO11/c1-8-29-20-24(2)19-25(3)21-35(51-7)37-34(50-6)16-17-41(49,53-37)38(46)39(47)42-18-10-9-11-31(42)40(48)52-36(27(5)32(44)23-33(29)45)26(4)22-28-12-14-30(43)15-13-28/h20,22,25,27-32,34-37,43-44,49H,8-19,21,23H2,1-7H3/b24-20+,26-22+/t25-,27+,28-,29+,30-,31-,32-,34-,35-,36+,37-,41+/m0/s1. The lowest BCUT2D eigenvalue weighted by Crippen LogP contribution is -2.61. The second kappa shape index (κ2) is 19.4. The zero-order valence-electron chi connectivity index (χ0n) is 33.0. The van der Waals surface area contributed by atoms with Gasteiger partial charge in [0, 0.05) is 45.4 Å². The van der Waals surface area contributed by atoms with E-state index in [1.807, 2.05) is 32.9 Å². The van der Waals surface area contributed by atoms with Crippen molar-refractivity contribution >= 4 is 23.4 Å². The molecule has 12 heteroatoms. The lowest BCUT2D eigenvalue weighted by Gasteiger charge is -2.44. The maximum absolute atomic E-state index is 14.1. The molecular weight excluding hydrogens is 682 g/mol. The Morgan fingerprint density at radius 1 is 0.981 bits per heavy atom. The number of carbonyl (C=O) groups excluding carboxylic acids is 4. The molecule has 0 aromatic rings. The van der Waals surface area contributed by atoms with Crippen molar-refractivity contribution in [1.29, 1.82) is 0 Å². The van der Waals surface area contributed by atoms with E-state index in [0.29, 0.717) is 44.9 Å². The van der Waals surface area contributed by atoms with E-state index in [1.165, 1.54) is 19.1 Å². The summed E-state index contributed by atoms with van der Waals surface area (Å²) in [6.45, 7) is 9.69. The van der Waals surface area contributed by atoms with Crippen molar-refractivity contribution in [3.63, 3.8) is 0 Å². The lowest BCUT2D eigenvalue weighted by atomic mass is 9.83. The van der Waals surface area contributed by atoms with Crippen molar-refractivity contribution in [3.8, 4) is 0 Å². The third-order valence-corrected chi connectivity index (χ3v) is 12.1. The zero-order valence-corrected chi connectivity index (χ0v) is 33.0. The Labute approximate surface area is 315 Å². The molecule has 0 aromatic heterocycles. The zero-order chi connectivity index (χ0) is 39.0. The molecule has 1 aliphatic carbocycles. The van der Waals surface area contributed by atoms with Crippen molar-refractivity contribution in [2.75, 3.05) is 20.8 Å². The molecule has 3 heterocycles. The normalized spacial score (nSPS) is 40.4. The maximum atomic E-state index is 14.1. The van der Waals surface area contributed by atoms with Gasteiger partial charge in [-0.2, -0.15) is 0 Å². The number of aliphatic hydroxyl groups excluding tert-OH is 2. The number of fused-ring (bicyclic) bond motifs is 3. The largest absolute Gasteiger partial charge is 0.456 e. The topological polar surface area (TPSA) is 169 Å². The van der Waals surface area contributed by atoms with Gasteiger partial charge in [0.2, 0.25) is 5.79 Å². The van der Waals surface area contributed by atoms with Crippen LogP contribution in [-0.4, -0.2) is 113 Å². The van der Waals surface area contributed by atoms with Crippen LogP contribution in [0, 0.1) is 23.7 Å². The van der Waals surface area contributed by atoms with E-state index in [-0.39, 0.29) is 56.0 Å². The third-order valence-electron chi connectivity index (χ3n) is 12.1. The number of hydrogen-bond donors (Lipinski definition) is 3. The molecule has 4 rings (SSSR count). The van der Waals surface area contributed by atoms with Crippen molar-refractivity contribution in [2.45, 2.75) is 167 Å². The fourth-order valence-corrected chi connectivity index (χ4v) is 8.86. The van der Waals surface area contributed by atoms with Crippen LogP contribution >= 0.6 is 0 Å². The number of carbonyl (C=O) groups is 4. The molecule has 0 aromatic carbocycles. The fourth-order valence-electron chi connectivity index (χ4n) is 8.86. The first-order valence-electron chi connectivity index (χ1n) is 19.9. The molecule has 10 atom stereocenters. The highest BCUT2D eigenvalue weighted by atomic mass is 16.7. The SMILES string of the molecule is CC[C@@H]1/C=C(\C)C[C@H](C)C[C@H](OC)[C@H]2O[C@](O)(CC[C@@H]2OC)C(=O)C(=O)N2CCCC[C@H]2C(=O)O[C@H](/C(C)=C/[C@H]2CC[C@H](O)CC2)[C@H](C)[C@@H](O)CC1=O. The van der Waals surface area contributed by atoms with Gasteiger partial charge < -0.3 is 39.2 Å². The highest BCUT2D eigenvalue weighted by molar-refractivity contribution is 6.39. The number of piperidine rings is 1. The summed E-state index contributed by atoms with van der Waals surface area (Å²) in [5.74, 6) is -6.32. The number of amides is 1. The molecule has 0 spiro atoms. The highest BCUT2D eigenvalue weighted by Crippen LogP contribution is 2.36. The van der Waals surface area contributed by atoms with Crippen LogP contribution < -0.4 is 0 Å². The van der Waals surface area contributed by atoms with E-state index in [9.17, 15) is 34.5 Å². The van der Waals surface area contributed by atoms with Crippen LogP contribution in [0.25, 0.3) is 0 Å². The summed E-state index contributed by atoms with van der Waals surface area (Å²) in [7, 11) is 3.06. The summed E-state index contributed by atoms with van der Waals surface area (Å²) in [6, 6.07) is -1.10. The van der Waals surface area contributed by atoms with Gasteiger partial charge in [-0.25, -0.2) is 4.79 Å². The molecule has 2 bridgehead atoms. The van der Waals surface area contributed by atoms with E-state index in [0.717, 1.165) is 24.0 Å². The number of cyclic esters (lactones) is 1. The Balaban J connectivity index is 1.73. The average molecular weight is 748 g/mol. The van der Waals surface area contributed by atoms with Crippen LogP contribution in [0.3, 0.4) is 0 Å².